The second kappa shape index (κ2) is 16.9. The first-order valence-corrected chi connectivity index (χ1v) is 20.0. The summed E-state index contributed by atoms with van der Waals surface area (Å²) in [6, 6.07) is 61.5. The Morgan fingerprint density at radius 3 is 1.17 bits per heavy atom. The summed E-state index contributed by atoms with van der Waals surface area (Å²) in [5, 5.41) is 9.59. The summed E-state index contributed by atoms with van der Waals surface area (Å²) < 4.78 is 0. The van der Waals surface area contributed by atoms with Crippen molar-refractivity contribution in [2.24, 2.45) is 0 Å². The molecule has 11 aromatic rings. The van der Waals surface area contributed by atoms with Gasteiger partial charge in [0.1, 0.15) is 0 Å². The molecule has 60 heavy (non-hydrogen) atoms. The van der Waals surface area contributed by atoms with E-state index in [1.807, 2.05) is 36.8 Å². The minimum Gasteiger partial charge on any atom is -0.276 e. The van der Waals surface area contributed by atoms with Gasteiger partial charge in [0.15, 0.2) is 0 Å². The molecule has 0 fully saturated rings. The predicted octanol–water partition coefficient (Wildman–Crippen LogP) is 14.3. The van der Waals surface area contributed by atoms with E-state index in [2.05, 4.69) is 154 Å². The molecule has 0 amide bonds. The van der Waals surface area contributed by atoms with Gasteiger partial charge in [-0.1, -0.05) is 140 Å². The monoisotopic (exact) mass is 813 g/mol. The van der Waals surface area contributed by atoms with Crippen molar-refractivity contribution in [2.45, 2.75) is 0 Å². The Morgan fingerprint density at radius 2 is 0.683 bits per heavy atom. The first kappa shape index (κ1) is 38.2. The van der Waals surface area contributed by atoms with E-state index in [4.69, 9.17) is 23.2 Å². The van der Waals surface area contributed by atoms with Crippen LogP contribution >= 0.6 is 23.2 Å². The molecule has 11 rings (SSSR count). The molecule has 0 saturated heterocycles. The van der Waals surface area contributed by atoms with Crippen LogP contribution in [0.1, 0.15) is 20.7 Å². The third-order valence-corrected chi connectivity index (χ3v) is 11.0. The highest BCUT2D eigenvalue weighted by molar-refractivity contribution is 6.69. The fourth-order valence-corrected chi connectivity index (χ4v) is 7.78. The maximum Gasteiger partial charge on any atom is 0.252 e. The average molecular weight is 815 g/mol. The number of rotatable bonds is 4. The molecule has 3 aromatic heterocycles. The van der Waals surface area contributed by atoms with Crippen LogP contribution < -0.4 is 0 Å². The van der Waals surface area contributed by atoms with E-state index < -0.39 is 10.5 Å². The molecule has 5 nitrogen and oxygen atoms in total. The predicted molar refractivity (Wildman–Crippen MR) is 249 cm³/mol. The van der Waals surface area contributed by atoms with Gasteiger partial charge in [-0.15, -0.1) is 0 Å². The van der Waals surface area contributed by atoms with E-state index in [0.29, 0.717) is 0 Å². The maximum absolute atomic E-state index is 10.6. The van der Waals surface area contributed by atoms with E-state index in [0.717, 1.165) is 27.3 Å². The molecular formula is C53H33Cl2N3O2. The van der Waals surface area contributed by atoms with Crippen molar-refractivity contribution in [1.29, 1.82) is 0 Å². The van der Waals surface area contributed by atoms with E-state index >= 15 is 0 Å². The van der Waals surface area contributed by atoms with Gasteiger partial charge in [0.2, 0.25) is 0 Å². The summed E-state index contributed by atoms with van der Waals surface area (Å²) in [7, 11) is 0. The first-order valence-electron chi connectivity index (χ1n) is 19.3. The number of pyridine rings is 3. The highest BCUT2D eigenvalue weighted by atomic mass is 35.5. The third-order valence-electron chi connectivity index (χ3n) is 10.5. The lowest BCUT2D eigenvalue weighted by molar-refractivity contribution is 0.108. The number of aromatic nitrogens is 3. The number of carbonyl (C=O) groups is 2. The summed E-state index contributed by atoms with van der Waals surface area (Å²) in [5.41, 5.74) is 8.50. The van der Waals surface area contributed by atoms with Gasteiger partial charge >= 0.3 is 0 Å². The SMILES string of the molecule is O=C(Cl)c1cccc(C(=O)Cl)c1.c1cc(-c2ccc3ccc4cccnc4c3c2)cc(-c2ccc3ccc4cccnc4c3c2)c1.c1ccc2c(c1)ccc1cccnc12. The minimum absolute atomic E-state index is 0.267. The molecule has 8 aromatic carbocycles. The maximum atomic E-state index is 10.6. The van der Waals surface area contributed by atoms with Crippen LogP contribution in [-0.4, -0.2) is 25.4 Å². The Balaban J connectivity index is 0.000000145. The molecule has 0 aliphatic rings. The second-order valence-electron chi connectivity index (χ2n) is 14.2. The van der Waals surface area contributed by atoms with Crippen molar-refractivity contribution in [3.05, 3.63) is 212 Å². The van der Waals surface area contributed by atoms with E-state index in [1.165, 1.54) is 78.2 Å². The standard InChI is InChI=1S/C32H20N2.C13H9N.C8H4Cl2O2/c1-4-25(27-14-10-21-8-12-23-6-2-16-33-31(23)29(21)19-27)18-26(5-1)28-15-11-22-9-13-24-7-3-17-34-32(24)30(22)20-28;1-2-6-12-10(4-1)7-8-11-5-3-9-14-13(11)12;9-7(11)5-2-1-3-6(4-5)8(10)12/h1-20H;1-9H;1-4H. The van der Waals surface area contributed by atoms with Gasteiger partial charge in [0.25, 0.3) is 10.5 Å². The van der Waals surface area contributed by atoms with E-state index in [-0.39, 0.29) is 11.1 Å². The highest BCUT2D eigenvalue weighted by Crippen LogP contribution is 2.33. The van der Waals surface area contributed by atoms with Gasteiger partial charge in [0.05, 0.1) is 16.6 Å². The van der Waals surface area contributed by atoms with Crippen LogP contribution in [0.5, 0.6) is 0 Å². The molecule has 0 unspecified atom stereocenters. The molecular weight excluding hydrogens is 782 g/mol. The third kappa shape index (κ3) is 7.92. The summed E-state index contributed by atoms with van der Waals surface area (Å²) in [4.78, 5) is 35.0. The number of benzene rings is 8. The van der Waals surface area contributed by atoms with Crippen molar-refractivity contribution < 1.29 is 9.59 Å². The van der Waals surface area contributed by atoms with Crippen LogP contribution in [0.25, 0.3) is 87.3 Å². The van der Waals surface area contributed by atoms with Crippen molar-refractivity contribution in [2.75, 3.05) is 0 Å². The van der Waals surface area contributed by atoms with Crippen LogP contribution in [0.3, 0.4) is 0 Å². The van der Waals surface area contributed by atoms with E-state index in [9.17, 15) is 9.59 Å². The van der Waals surface area contributed by atoms with Gasteiger partial charge < -0.3 is 0 Å². The van der Waals surface area contributed by atoms with Crippen molar-refractivity contribution in [1.82, 2.24) is 15.0 Å². The molecule has 0 saturated carbocycles. The Morgan fingerprint density at radius 1 is 0.317 bits per heavy atom. The Bertz CT molecular complexity index is 3200. The average Bonchev–Trinajstić information content (AvgIpc) is 3.31. The summed E-state index contributed by atoms with van der Waals surface area (Å²) in [5.74, 6) is 0. The fourth-order valence-electron chi connectivity index (χ4n) is 7.54. The molecule has 0 N–H and O–H groups in total. The number of fused-ring (bicyclic) bond motifs is 9. The normalized spacial score (nSPS) is 11.0. The second-order valence-corrected chi connectivity index (χ2v) is 14.9. The molecule has 0 spiro atoms. The lowest BCUT2D eigenvalue weighted by Crippen LogP contribution is -1.93. The van der Waals surface area contributed by atoms with Gasteiger partial charge in [-0.25, -0.2) is 0 Å². The zero-order valence-electron chi connectivity index (χ0n) is 32.0. The molecule has 0 aliphatic carbocycles. The minimum atomic E-state index is -0.602. The lowest BCUT2D eigenvalue weighted by atomic mass is 9.95. The molecule has 0 bridgehead atoms. The molecule has 7 heteroatoms. The molecule has 0 atom stereocenters. The largest absolute Gasteiger partial charge is 0.276 e. The number of hydrogen-bond donors (Lipinski definition) is 0. The van der Waals surface area contributed by atoms with Gasteiger partial charge in [-0.2, -0.15) is 0 Å². The lowest BCUT2D eigenvalue weighted by Gasteiger charge is -2.10. The van der Waals surface area contributed by atoms with Crippen LogP contribution in [-0.2, 0) is 0 Å². The number of hydrogen-bond acceptors (Lipinski definition) is 5. The fraction of sp³-hybridized carbons (Fsp3) is 0. The smallest absolute Gasteiger partial charge is 0.252 e. The van der Waals surface area contributed by atoms with E-state index in [1.54, 1.807) is 6.07 Å². The highest BCUT2D eigenvalue weighted by Gasteiger charge is 2.09. The van der Waals surface area contributed by atoms with Gasteiger partial charge in [0, 0.05) is 62.0 Å². The number of nitrogens with zero attached hydrogens (tertiary/aromatic N) is 3. The van der Waals surface area contributed by atoms with Crippen molar-refractivity contribution in [3.63, 3.8) is 0 Å². The number of halogens is 2. The van der Waals surface area contributed by atoms with Gasteiger partial charge in [-0.3, -0.25) is 24.5 Å². The molecule has 3 heterocycles. The quantitative estimate of drug-likeness (QED) is 0.131. The Labute approximate surface area is 355 Å². The van der Waals surface area contributed by atoms with Crippen LogP contribution in [0.4, 0.5) is 0 Å². The van der Waals surface area contributed by atoms with Gasteiger partial charge in [-0.05, 0) is 104 Å². The summed E-state index contributed by atoms with van der Waals surface area (Å²) >= 11 is 10.4. The van der Waals surface area contributed by atoms with Crippen LogP contribution in [0.2, 0.25) is 0 Å². The number of carbonyl (C=O) groups excluding carboxylic acids is 2. The molecule has 286 valence electrons. The molecule has 0 aliphatic heterocycles. The van der Waals surface area contributed by atoms with Crippen molar-refractivity contribution in [3.8, 4) is 22.3 Å². The van der Waals surface area contributed by atoms with Crippen LogP contribution in [0.15, 0.2) is 201 Å². The summed E-state index contributed by atoms with van der Waals surface area (Å²) in [6.07, 6.45) is 5.58. The Kier molecular flexibility index (Phi) is 10.8. The topological polar surface area (TPSA) is 72.8 Å². The Hall–Kier alpha value is -7.31. The van der Waals surface area contributed by atoms with Crippen molar-refractivity contribution >= 4 is 98.7 Å². The first-order chi connectivity index (χ1) is 29.4. The molecule has 0 radical (unpaired) electrons. The van der Waals surface area contributed by atoms with Crippen LogP contribution in [0, 0.1) is 0 Å². The zero-order chi connectivity index (χ0) is 41.0. The zero-order valence-corrected chi connectivity index (χ0v) is 33.5. The summed E-state index contributed by atoms with van der Waals surface area (Å²) in [6.45, 7) is 0.